The van der Waals surface area contributed by atoms with Crippen molar-refractivity contribution in [2.45, 2.75) is 32.2 Å². The second-order valence-corrected chi connectivity index (χ2v) is 8.21. The first kappa shape index (κ1) is 19.8. The first-order valence-electron chi connectivity index (χ1n) is 8.14. The topological polar surface area (TPSA) is 102 Å². The molecule has 7 nitrogen and oxygen atoms in total. The van der Waals surface area contributed by atoms with Crippen LogP contribution in [0.15, 0.2) is 28.8 Å². The Bertz CT molecular complexity index is 792. The minimum Gasteiger partial charge on any atom is -0.339 e. The fourth-order valence-electron chi connectivity index (χ4n) is 2.89. The molecular weight excluding hydrogens is 364 g/mol. The first-order chi connectivity index (χ1) is 11.5. The van der Waals surface area contributed by atoms with Crippen LogP contribution in [0.2, 0.25) is 0 Å². The molecule has 1 aromatic carbocycles. The highest BCUT2D eigenvalue weighted by molar-refractivity contribution is 7.89. The standard InChI is InChI=1S/C16H22N4O3S.ClH/c1-2-24(21,22)20-9-3-4-14(11-20)16-18-15(19-23-16)13-7-5-12(10-17)6-8-13;/h5-8,14H,2-4,9-11,17H2,1H3;1H. The van der Waals surface area contributed by atoms with Gasteiger partial charge in [-0.25, -0.2) is 12.7 Å². The Labute approximate surface area is 154 Å². The zero-order valence-electron chi connectivity index (χ0n) is 14.1. The summed E-state index contributed by atoms with van der Waals surface area (Å²) in [5.41, 5.74) is 7.49. The van der Waals surface area contributed by atoms with E-state index in [-0.39, 0.29) is 24.1 Å². The number of hydrogen-bond acceptors (Lipinski definition) is 6. The van der Waals surface area contributed by atoms with Crippen molar-refractivity contribution in [1.29, 1.82) is 0 Å². The van der Waals surface area contributed by atoms with E-state index in [0.29, 0.717) is 31.3 Å². The summed E-state index contributed by atoms with van der Waals surface area (Å²) in [5.74, 6) is 1.08. The number of hydrogen-bond donors (Lipinski definition) is 1. The number of halogens is 1. The molecule has 1 atom stereocenters. The highest BCUT2D eigenvalue weighted by Crippen LogP contribution is 2.29. The minimum absolute atomic E-state index is 0. The van der Waals surface area contributed by atoms with Crippen molar-refractivity contribution in [2.75, 3.05) is 18.8 Å². The highest BCUT2D eigenvalue weighted by Gasteiger charge is 2.31. The molecule has 1 aliphatic rings. The summed E-state index contributed by atoms with van der Waals surface area (Å²) in [6.45, 7) is 3.12. The Morgan fingerprint density at radius 2 is 2.04 bits per heavy atom. The van der Waals surface area contributed by atoms with Crippen LogP contribution in [-0.2, 0) is 16.6 Å². The van der Waals surface area contributed by atoms with E-state index in [0.717, 1.165) is 24.0 Å². The molecule has 1 aromatic heterocycles. The van der Waals surface area contributed by atoms with E-state index >= 15 is 0 Å². The van der Waals surface area contributed by atoms with Crippen LogP contribution in [-0.4, -0.2) is 41.7 Å². The van der Waals surface area contributed by atoms with Gasteiger partial charge in [0.15, 0.2) is 0 Å². The smallest absolute Gasteiger partial charge is 0.231 e. The Balaban J connectivity index is 0.00000225. The Morgan fingerprint density at radius 3 is 2.68 bits per heavy atom. The molecule has 2 aromatic rings. The van der Waals surface area contributed by atoms with Gasteiger partial charge in [-0.2, -0.15) is 4.98 Å². The average Bonchev–Trinajstić information content (AvgIpc) is 3.12. The second-order valence-electron chi connectivity index (χ2n) is 5.95. The van der Waals surface area contributed by atoms with Gasteiger partial charge in [-0.3, -0.25) is 0 Å². The third kappa shape index (κ3) is 4.38. The van der Waals surface area contributed by atoms with Crippen molar-refractivity contribution >= 4 is 22.4 Å². The van der Waals surface area contributed by atoms with Crippen LogP contribution < -0.4 is 5.73 Å². The highest BCUT2D eigenvalue weighted by atomic mass is 35.5. The molecule has 0 radical (unpaired) electrons. The van der Waals surface area contributed by atoms with Gasteiger partial charge in [0.25, 0.3) is 0 Å². The zero-order valence-corrected chi connectivity index (χ0v) is 15.7. The molecule has 138 valence electrons. The molecule has 1 unspecified atom stereocenters. The number of nitrogens with two attached hydrogens (primary N) is 1. The van der Waals surface area contributed by atoms with Crippen LogP contribution in [0.1, 0.15) is 37.1 Å². The lowest BCUT2D eigenvalue weighted by Gasteiger charge is -2.29. The van der Waals surface area contributed by atoms with Crippen LogP contribution in [0, 0.1) is 0 Å². The van der Waals surface area contributed by atoms with Crippen molar-refractivity contribution in [3.05, 3.63) is 35.7 Å². The fraction of sp³-hybridized carbons (Fsp3) is 0.500. The molecule has 9 heteroatoms. The summed E-state index contributed by atoms with van der Waals surface area (Å²) in [4.78, 5) is 4.47. The largest absolute Gasteiger partial charge is 0.339 e. The molecule has 3 rings (SSSR count). The van der Waals surface area contributed by atoms with Crippen LogP contribution in [0.3, 0.4) is 0 Å². The lowest BCUT2D eigenvalue weighted by atomic mass is 10.00. The van der Waals surface area contributed by atoms with Gasteiger partial charge in [0.2, 0.25) is 21.7 Å². The van der Waals surface area contributed by atoms with Crippen LogP contribution >= 0.6 is 12.4 Å². The molecule has 25 heavy (non-hydrogen) atoms. The van der Waals surface area contributed by atoms with E-state index in [4.69, 9.17) is 10.3 Å². The lowest BCUT2D eigenvalue weighted by Crippen LogP contribution is -2.39. The fourth-order valence-corrected chi connectivity index (χ4v) is 4.07. The molecule has 0 bridgehead atoms. The third-order valence-corrected chi connectivity index (χ3v) is 6.23. The van der Waals surface area contributed by atoms with Crippen LogP contribution in [0.25, 0.3) is 11.4 Å². The van der Waals surface area contributed by atoms with Gasteiger partial charge in [-0.1, -0.05) is 29.4 Å². The van der Waals surface area contributed by atoms with Gasteiger partial charge in [0, 0.05) is 25.2 Å². The summed E-state index contributed by atoms with van der Waals surface area (Å²) in [6.07, 6.45) is 1.65. The molecular formula is C16H23ClN4O3S. The van der Waals surface area contributed by atoms with Gasteiger partial charge >= 0.3 is 0 Å². The average molecular weight is 387 g/mol. The molecule has 0 spiro atoms. The zero-order chi connectivity index (χ0) is 17.2. The molecule has 2 N–H and O–H groups in total. The molecule has 0 aliphatic carbocycles. The van der Waals surface area contributed by atoms with Gasteiger partial charge in [0.1, 0.15) is 0 Å². The Morgan fingerprint density at radius 1 is 1.32 bits per heavy atom. The third-order valence-electron chi connectivity index (χ3n) is 4.38. The molecule has 1 fully saturated rings. The van der Waals surface area contributed by atoms with E-state index in [9.17, 15) is 8.42 Å². The van der Waals surface area contributed by atoms with Crippen molar-refractivity contribution in [3.63, 3.8) is 0 Å². The summed E-state index contributed by atoms with van der Waals surface area (Å²) in [5, 5.41) is 4.04. The molecule has 0 amide bonds. The van der Waals surface area contributed by atoms with Gasteiger partial charge < -0.3 is 10.3 Å². The van der Waals surface area contributed by atoms with Crippen molar-refractivity contribution < 1.29 is 12.9 Å². The Kier molecular flexibility index (Phi) is 6.56. The van der Waals surface area contributed by atoms with Gasteiger partial charge in [-0.15, -0.1) is 12.4 Å². The summed E-state index contributed by atoms with van der Waals surface area (Å²) >= 11 is 0. The number of nitrogens with zero attached hydrogens (tertiary/aromatic N) is 3. The van der Waals surface area contributed by atoms with Gasteiger partial charge in [0.05, 0.1) is 11.7 Å². The Hall–Kier alpha value is -1.48. The predicted octanol–water partition coefficient (Wildman–Crippen LogP) is 2.15. The maximum atomic E-state index is 12.1. The SMILES string of the molecule is CCS(=O)(=O)N1CCCC(c2nc(-c3ccc(CN)cc3)no2)C1.Cl. The quantitative estimate of drug-likeness (QED) is 0.844. The van der Waals surface area contributed by atoms with E-state index < -0.39 is 10.0 Å². The summed E-state index contributed by atoms with van der Waals surface area (Å²) < 4.78 is 31.1. The second kappa shape index (κ2) is 8.27. The maximum absolute atomic E-state index is 12.1. The normalized spacial score (nSPS) is 18.7. The number of benzene rings is 1. The minimum atomic E-state index is -3.18. The molecule has 2 heterocycles. The molecule has 0 saturated carbocycles. The van der Waals surface area contributed by atoms with E-state index in [1.165, 1.54) is 4.31 Å². The van der Waals surface area contributed by atoms with Crippen molar-refractivity contribution in [2.24, 2.45) is 5.73 Å². The van der Waals surface area contributed by atoms with Gasteiger partial charge in [-0.05, 0) is 25.3 Å². The number of aromatic nitrogens is 2. The van der Waals surface area contributed by atoms with E-state index in [2.05, 4.69) is 10.1 Å². The number of rotatable bonds is 5. The van der Waals surface area contributed by atoms with E-state index in [1.807, 2.05) is 24.3 Å². The maximum Gasteiger partial charge on any atom is 0.231 e. The van der Waals surface area contributed by atoms with E-state index in [1.54, 1.807) is 6.92 Å². The summed E-state index contributed by atoms with van der Waals surface area (Å²) in [6, 6.07) is 7.68. The van der Waals surface area contributed by atoms with Crippen molar-refractivity contribution in [1.82, 2.24) is 14.4 Å². The van der Waals surface area contributed by atoms with Crippen LogP contribution in [0.4, 0.5) is 0 Å². The predicted molar refractivity (Wildman–Crippen MR) is 97.9 cm³/mol. The molecule has 1 saturated heterocycles. The number of piperidine rings is 1. The first-order valence-corrected chi connectivity index (χ1v) is 9.75. The lowest BCUT2D eigenvalue weighted by molar-refractivity contribution is 0.266. The van der Waals surface area contributed by atoms with Crippen molar-refractivity contribution in [3.8, 4) is 11.4 Å². The molecule has 1 aliphatic heterocycles. The monoisotopic (exact) mass is 386 g/mol. The van der Waals surface area contributed by atoms with Crippen LogP contribution in [0.5, 0.6) is 0 Å². The number of sulfonamides is 1. The summed E-state index contributed by atoms with van der Waals surface area (Å²) in [7, 11) is -3.18.